The molecule has 1 aromatic heterocycles. The van der Waals surface area contributed by atoms with Gasteiger partial charge in [0.2, 0.25) is 5.91 Å². The van der Waals surface area contributed by atoms with Crippen molar-refractivity contribution in [2.24, 2.45) is 0 Å². The molecule has 0 saturated carbocycles. The number of hydrogen-bond acceptors (Lipinski definition) is 3. The summed E-state index contributed by atoms with van der Waals surface area (Å²) in [5.74, 6) is 0.0726. The summed E-state index contributed by atoms with van der Waals surface area (Å²) in [4.78, 5) is 28.1. The number of carbonyl (C=O) groups is 2. The lowest BCUT2D eigenvalue weighted by Gasteiger charge is -2.21. The van der Waals surface area contributed by atoms with Crippen molar-refractivity contribution >= 4 is 11.8 Å². The molecule has 25 heavy (non-hydrogen) atoms. The van der Waals surface area contributed by atoms with E-state index in [0.29, 0.717) is 38.3 Å². The lowest BCUT2D eigenvalue weighted by molar-refractivity contribution is -0.128. The van der Waals surface area contributed by atoms with Crippen molar-refractivity contribution in [1.29, 1.82) is 0 Å². The molecule has 0 aliphatic carbocycles. The molecule has 0 atom stereocenters. The van der Waals surface area contributed by atoms with Crippen molar-refractivity contribution in [3.05, 3.63) is 53.3 Å². The van der Waals surface area contributed by atoms with Gasteiger partial charge in [-0.3, -0.25) is 14.3 Å². The van der Waals surface area contributed by atoms with E-state index in [0.717, 1.165) is 17.7 Å². The first-order chi connectivity index (χ1) is 12.1. The molecule has 0 radical (unpaired) electrons. The summed E-state index contributed by atoms with van der Waals surface area (Å²) < 4.78 is 1.86. The van der Waals surface area contributed by atoms with Gasteiger partial charge in [-0.25, -0.2) is 0 Å². The van der Waals surface area contributed by atoms with Crippen LogP contribution in [0.4, 0.5) is 0 Å². The molecule has 1 aliphatic rings. The van der Waals surface area contributed by atoms with Crippen LogP contribution in [0.15, 0.2) is 36.5 Å². The third-order valence-corrected chi connectivity index (χ3v) is 4.74. The second kappa shape index (κ2) is 7.51. The Morgan fingerprint density at radius 3 is 2.44 bits per heavy atom. The molecule has 1 fully saturated rings. The molecule has 2 amide bonds. The SMILES string of the molecule is CC(=O)N1CCCN(C(=O)c2cnn(Cc3ccccc3)c2C)CC1. The maximum atomic E-state index is 12.9. The van der Waals surface area contributed by atoms with Crippen LogP contribution in [0.1, 0.15) is 35.0 Å². The summed E-state index contributed by atoms with van der Waals surface area (Å²) in [6.07, 6.45) is 2.47. The molecule has 2 aromatic rings. The summed E-state index contributed by atoms with van der Waals surface area (Å²) in [7, 11) is 0. The van der Waals surface area contributed by atoms with Gasteiger partial charge in [-0.1, -0.05) is 30.3 Å². The van der Waals surface area contributed by atoms with Gasteiger partial charge < -0.3 is 9.80 Å². The Bertz CT molecular complexity index is 754. The molecule has 6 heteroatoms. The minimum absolute atomic E-state index is 0.00205. The van der Waals surface area contributed by atoms with Crippen LogP contribution in [0.25, 0.3) is 0 Å². The average molecular weight is 340 g/mol. The van der Waals surface area contributed by atoms with Crippen molar-refractivity contribution in [1.82, 2.24) is 19.6 Å². The Balaban J connectivity index is 1.71. The highest BCUT2D eigenvalue weighted by atomic mass is 16.2. The molecule has 0 unspecified atom stereocenters. The number of rotatable bonds is 3. The first-order valence-electron chi connectivity index (χ1n) is 8.67. The third kappa shape index (κ3) is 3.90. The first kappa shape index (κ1) is 17.2. The lowest BCUT2D eigenvalue weighted by Crippen LogP contribution is -2.36. The normalized spacial score (nSPS) is 15.1. The standard InChI is InChI=1S/C19H24N4O2/c1-15-18(13-20-23(15)14-17-7-4-3-5-8-17)19(25)22-10-6-9-21(11-12-22)16(2)24/h3-5,7-8,13H,6,9-12,14H2,1-2H3. The number of amides is 2. The highest BCUT2D eigenvalue weighted by Crippen LogP contribution is 2.14. The quantitative estimate of drug-likeness (QED) is 0.858. The zero-order valence-corrected chi connectivity index (χ0v) is 14.8. The number of aromatic nitrogens is 2. The fourth-order valence-corrected chi connectivity index (χ4v) is 3.18. The van der Waals surface area contributed by atoms with E-state index in [1.165, 1.54) is 0 Å². The zero-order valence-electron chi connectivity index (χ0n) is 14.8. The summed E-state index contributed by atoms with van der Waals surface area (Å²) in [6, 6.07) is 10.1. The highest BCUT2D eigenvalue weighted by molar-refractivity contribution is 5.95. The molecule has 0 bridgehead atoms. The summed E-state index contributed by atoms with van der Waals surface area (Å²) in [5.41, 5.74) is 2.67. The van der Waals surface area contributed by atoms with Gasteiger partial charge in [0.05, 0.1) is 18.3 Å². The van der Waals surface area contributed by atoms with Gasteiger partial charge in [-0.2, -0.15) is 5.10 Å². The van der Waals surface area contributed by atoms with Gasteiger partial charge in [0.25, 0.3) is 5.91 Å². The van der Waals surface area contributed by atoms with Crippen LogP contribution in [-0.2, 0) is 11.3 Å². The predicted molar refractivity (Wildman–Crippen MR) is 95.3 cm³/mol. The molecule has 1 saturated heterocycles. The van der Waals surface area contributed by atoms with E-state index >= 15 is 0 Å². The van der Waals surface area contributed by atoms with Crippen LogP contribution in [0.5, 0.6) is 0 Å². The van der Waals surface area contributed by atoms with Gasteiger partial charge in [-0.15, -0.1) is 0 Å². The van der Waals surface area contributed by atoms with E-state index < -0.39 is 0 Å². The van der Waals surface area contributed by atoms with Crippen LogP contribution < -0.4 is 0 Å². The van der Waals surface area contributed by atoms with Gasteiger partial charge in [0.15, 0.2) is 0 Å². The lowest BCUT2D eigenvalue weighted by atomic mass is 10.2. The predicted octanol–water partition coefficient (Wildman–Crippen LogP) is 1.93. The monoisotopic (exact) mass is 340 g/mol. The molecule has 0 spiro atoms. The minimum Gasteiger partial charge on any atom is -0.341 e. The molecular formula is C19H24N4O2. The van der Waals surface area contributed by atoms with E-state index in [1.54, 1.807) is 18.0 Å². The van der Waals surface area contributed by atoms with Crippen LogP contribution in [0.2, 0.25) is 0 Å². The Labute approximate surface area is 148 Å². The third-order valence-electron chi connectivity index (χ3n) is 4.74. The van der Waals surface area contributed by atoms with E-state index in [4.69, 9.17) is 0 Å². The zero-order chi connectivity index (χ0) is 17.8. The minimum atomic E-state index is 0.00205. The second-order valence-corrected chi connectivity index (χ2v) is 6.44. The van der Waals surface area contributed by atoms with E-state index in [1.807, 2.05) is 46.8 Å². The molecule has 1 aromatic carbocycles. The Morgan fingerprint density at radius 1 is 1.04 bits per heavy atom. The van der Waals surface area contributed by atoms with Gasteiger partial charge in [0, 0.05) is 38.8 Å². The Kier molecular flexibility index (Phi) is 5.16. The maximum Gasteiger partial charge on any atom is 0.257 e. The van der Waals surface area contributed by atoms with Crippen molar-refractivity contribution < 1.29 is 9.59 Å². The molecule has 2 heterocycles. The summed E-state index contributed by atoms with van der Waals surface area (Å²) in [6.45, 7) is 6.72. The van der Waals surface area contributed by atoms with Gasteiger partial charge in [0.1, 0.15) is 0 Å². The molecule has 3 rings (SSSR count). The fourth-order valence-electron chi connectivity index (χ4n) is 3.18. The summed E-state index contributed by atoms with van der Waals surface area (Å²) >= 11 is 0. The van der Waals surface area contributed by atoms with E-state index in [2.05, 4.69) is 5.10 Å². The Hall–Kier alpha value is -2.63. The van der Waals surface area contributed by atoms with Crippen LogP contribution >= 0.6 is 0 Å². The number of carbonyl (C=O) groups excluding carboxylic acids is 2. The van der Waals surface area contributed by atoms with E-state index in [9.17, 15) is 9.59 Å². The van der Waals surface area contributed by atoms with Crippen molar-refractivity contribution in [3.8, 4) is 0 Å². The number of hydrogen-bond donors (Lipinski definition) is 0. The van der Waals surface area contributed by atoms with Crippen molar-refractivity contribution in [2.75, 3.05) is 26.2 Å². The van der Waals surface area contributed by atoms with Crippen LogP contribution in [0.3, 0.4) is 0 Å². The van der Waals surface area contributed by atoms with Crippen LogP contribution in [0, 0.1) is 6.92 Å². The van der Waals surface area contributed by atoms with Crippen LogP contribution in [-0.4, -0.2) is 57.6 Å². The topological polar surface area (TPSA) is 58.4 Å². The maximum absolute atomic E-state index is 12.9. The molecular weight excluding hydrogens is 316 g/mol. The highest BCUT2D eigenvalue weighted by Gasteiger charge is 2.24. The fraction of sp³-hybridized carbons (Fsp3) is 0.421. The van der Waals surface area contributed by atoms with Crippen molar-refractivity contribution in [3.63, 3.8) is 0 Å². The molecule has 1 aliphatic heterocycles. The smallest absolute Gasteiger partial charge is 0.257 e. The number of benzene rings is 1. The Morgan fingerprint density at radius 2 is 1.72 bits per heavy atom. The van der Waals surface area contributed by atoms with Gasteiger partial charge >= 0.3 is 0 Å². The largest absolute Gasteiger partial charge is 0.341 e. The first-order valence-corrected chi connectivity index (χ1v) is 8.67. The second-order valence-electron chi connectivity index (χ2n) is 6.44. The number of nitrogens with zero attached hydrogens (tertiary/aromatic N) is 4. The average Bonchev–Trinajstić information content (AvgIpc) is 2.83. The van der Waals surface area contributed by atoms with Gasteiger partial charge in [-0.05, 0) is 18.9 Å². The van der Waals surface area contributed by atoms with E-state index in [-0.39, 0.29) is 11.8 Å². The molecule has 132 valence electrons. The molecule has 0 N–H and O–H groups in total. The molecule has 6 nitrogen and oxygen atoms in total. The van der Waals surface area contributed by atoms with Crippen molar-refractivity contribution in [2.45, 2.75) is 26.8 Å². The summed E-state index contributed by atoms with van der Waals surface area (Å²) in [5, 5.41) is 4.40.